The Balaban J connectivity index is 1.83. The minimum atomic E-state index is -0.0675. The molecule has 0 aliphatic rings. The van der Waals surface area contributed by atoms with Crippen molar-refractivity contribution in [2.75, 3.05) is 26.2 Å². The van der Waals surface area contributed by atoms with Gasteiger partial charge in [0.25, 0.3) is 5.91 Å². The Hall–Kier alpha value is -2.44. The number of likely N-dealkylation sites (N-methyl/N-ethyl adjacent to an activating group) is 1. The highest BCUT2D eigenvalue weighted by Gasteiger charge is 2.19. The van der Waals surface area contributed by atoms with Crippen LogP contribution in [0.2, 0.25) is 0 Å². The molecule has 0 atom stereocenters. The van der Waals surface area contributed by atoms with Gasteiger partial charge in [-0.3, -0.25) is 4.79 Å². The van der Waals surface area contributed by atoms with Gasteiger partial charge in [0, 0.05) is 6.20 Å². The number of hydrogen-bond donors (Lipinski definition) is 2. The van der Waals surface area contributed by atoms with Gasteiger partial charge in [0.15, 0.2) is 0 Å². The summed E-state index contributed by atoms with van der Waals surface area (Å²) in [5.74, 6) is -0.0675. The fourth-order valence-electron chi connectivity index (χ4n) is 2.90. The fraction of sp³-hybridized carbons (Fsp3) is 0.300. The van der Waals surface area contributed by atoms with Crippen LogP contribution in [0, 0.1) is 0 Å². The molecule has 0 bridgehead atoms. The number of para-hydroxylation sites is 1. The first-order chi connectivity index (χ1) is 12.7. The zero-order valence-electron chi connectivity index (χ0n) is 15.2. The molecule has 2 aromatic heterocycles. The number of carbonyl (C=O) groups is 1. The van der Waals surface area contributed by atoms with Crippen molar-refractivity contribution in [3.05, 3.63) is 59.6 Å². The average Bonchev–Trinajstić information content (AvgIpc) is 3.35. The summed E-state index contributed by atoms with van der Waals surface area (Å²) in [7, 11) is 0. The Morgan fingerprint density at radius 3 is 2.58 bits per heavy atom. The van der Waals surface area contributed by atoms with Gasteiger partial charge in [0.05, 0.1) is 42.3 Å². The molecule has 3 aromatic rings. The molecule has 1 aromatic carbocycles. The fourth-order valence-corrected chi connectivity index (χ4v) is 3.62. The Kier molecular flexibility index (Phi) is 6.20. The highest BCUT2D eigenvalue weighted by atomic mass is 32.1. The van der Waals surface area contributed by atoms with Gasteiger partial charge < -0.3 is 10.2 Å². The zero-order valence-corrected chi connectivity index (χ0v) is 16.1. The van der Waals surface area contributed by atoms with Gasteiger partial charge in [-0.1, -0.05) is 24.3 Å². The van der Waals surface area contributed by atoms with E-state index in [0.29, 0.717) is 12.1 Å². The molecule has 0 saturated heterocycles. The minimum Gasteiger partial charge on any atom is -0.346 e. The van der Waals surface area contributed by atoms with Gasteiger partial charge in [-0.05, 0) is 37.4 Å². The first-order valence-electron chi connectivity index (χ1n) is 9.03. The van der Waals surface area contributed by atoms with E-state index in [2.05, 4.69) is 24.3 Å². The molecular weight excluding hydrogens is 344 g/mol. The van der Waals surface area contributed by atoms with Gasteiger partial charge >= 0.3 is 0 Å². The van der Waals surface area contributed by atoms with Crippen LogP contribution in [0.15, 0.2) is 54.0 Å². The van der Waals surface area contributed by atoms with Gasteiger partial charge in [-0.15, -0.1) is 11.3 Å². The molecule has 6 heteroatoms. The summed E-state index contributed by atoms with van der Waals surface area (Å²) in [4.78, 5) is 15.3. The average molecular weight is 370 g/mol. The van der Waals surface area contributed by atoms with E-state index < -0.39 is 0 Å². The molecule has 2 N–H and O–H groups in total. The smallest absolute Gasteiger partial charge is 0.255 e. The van der Waals surface area contributed by atoms with Gasteiger partial charge in [-0.25, -0.2) is 4.68 Å². The summed E-state index contributed by atoms with van der Waals surface area (Å²) in [6.45, 7) is 8.06. The summed E-state index contributed by atoms with van der Waals surface area (Å²) in [6, 6.07) is 13.8. The predicted molar refractivity (Wildman–Crippen MR) is 106 cm³/mol. The Bertz CT molecular complexity index is 823. The first kappa shape index (κ1) is 18.4. The first-order valence-corrected chi connectivity index (χ1v) is 9.91. The van der Waals surface area contributed by atoms with Crippen molar-refractivity contribution in [1.82, 2.24) is 15.1 Å². The molecular formula is C20H25N4OS+. The van der Waals surface area contributed by atoms with Gasteiger partial charge in [0.2, 0.25) is 0 Å². The highest BCUT2D eigenvalue weighted by Crippen LogP contribution is 2.27. The molecule has 26 heavy (non-hydrogen) atoms. The standard InChI is InChI=1S/C20H24N4OS/c1-3-23(4-2)13-12-21-20(25)17-15-24(16-9-6-5-7-10-16)22-19(17)18-11-8-14-26-18/h5-11,14-15H,3-4,12-13H2,1-2H3,(H,21,25)/p+1. The molecule has 0 fully saturated rings. The van der Waals surface area contributed by atoms with Crippen molar-refractivity contribution in [3.8, 4) is 16.3 Å². The lowest BCUT2D eigenvalue weighted by Gasteiger charge is -2.15. The van der Waals surface area contributed by atoms with Crippen LogP contribution in [0.3, 0.4) is 0 Å². The summed E-state index contributed by atoms with van der Waals surface area (Å²) in [5.41, 5.74) is 2.29. The van der Waals surface area contributed by atoms with Crippen LogP contribution in [0.4, 0.5) is 0 Å². The number of quaternary nitrogens is 1. The normalized spacial score (nSPS) is 11.0. The maximum Gasteiger partial charge on any atom is 0.255 e. The molecule has 1 amide bonds. The summed E-state index contributed by atoms with van der Waals surface area (Å²) in [6.07, 6.45) is 1.82. The minimum absolute atomic E-state index is 0.0675. The van der Waals surface area contributed by atoms with E-state index >= 15 is 0 Å². The molecule has 5 nitrogen and oxygen atoms in total. The summed E-state index contributed by atoms with van der Waals surface area (Å²) in [5, 5.41) is 9.74. The number of nitrogens with zero attached hydrogens (tertiary/aromatic N) is 2. The van der Waals surface area contributed by atoms with E-state index in [9.17, 15) is 4.79 Å². The number of hydrogen-bond acceptors (Lipinski definition) is 3. The van der Waals surface area contributed by atoms with E-state index in [-0.39, 0.29) is 5.91 Å². The van der Waals surface area contributed by atoms with Crippen LogP contribution in [-0.2, 0) is 0 Å². The Morgan fingerprint density at radius 1 is 1.15 bits per heavy atom. The Labute approximate surface area is 158 Å². The lowest BCUT2D eigenvalue weighted by Crippen LogP contribution is -3.12. The number of nitrogens with one attached hydrogen (secondary N) is 2. The maximum atomic E-state index is 12.8. The number of amides is 1. The van der Waals surface area contributed by atoms with E-state index in [1.165, 1.54) is 4.90 Å². The molecule has 136 valence electrons. The van der Waals surface area contributed by atoms with Crippen molar-refractivity contribution in [1.29, 1.82) is 0 Å². The van der Waals surface area contributed by atoms with Crippen LogP contribution in [0.25, 0.3) is 16.3 Å². The van der Waals surface area contributed by atoms with Crippen molar-refractivity contribution in [3.63, 3.8) is 0 Å². The van der Waals surface area contributed by atoms with Crippen LogP contribution < -0.4 is 10.2 Å². The van der Waals surface area contributed by atoms with E-state index in [1.807, 2.05) is 54.0 Å². The van der Waals surface area contributed by atoms with Crippen molar-refractivity contribution in [2.24, 2.45) is 0 Å². The Morgan fingerprint density at radius 2 is 1.92 bits per heavy atom. The maximum absolute atomic E-state index is 12.8. The second-order valence-electron chi connectivity index (χ2n) is 6.11. The van der Waals surface area contributed by atoms with Crippen LogP contribution >= 0.6 is 11.3 Å². The zero-order chi connectivity index (χ0) is 18.4. The van der Waals surface area contributed by atoms with E-state index in [1.54, 1.807) is 16.0 Å². The van der Waals surface area contributed by atoms with Gasteiger partial charge in [0.1, 0.15) is 5.69 Å². The van der Waals surface area contributed by atoms with Crippen molar-refractivity contribution < 1.29 is 9.69 Å². The van der Waals surface area contributed by atoms with E-state index in [0.717, 1.165) is 35.9 Å². The topological polar surface area (TPSA) is 51.4 Å². The van der Waals surface area contributed by atoms with Crippen molar-refractivity contribution in [2.45, 2.75) is 13.8 Å². The van der Waals surface area contributed by atoms with Crippen LogP contribution in [-0.4, -0.2) is 41.9 Å². The van der Waals surface area contributed by atoms with Crippen molar-refractivity contribution >= 4 is 17.2 Å². The van der Waals surface area contributed by atoms with Crippen LogP contribution in [0.5, 0.6) is 0 Å². The second-order valence-corrected chi connectivity index (χ2v) is 7.06. The van der Waals surface area contributed by atoms with Gasteiger partial charge in [-0.2, -0.15) is 5.10 Å². The van der Waals surface area contributed by atoms with E-state index in [4.69, 9.17) is 0 Å². The SMILES string of the molecule is CC[NH+](CC)CCNC(=O)c1cn(-c2ccccc2)nc1-c1cccs1. The monoisotopic (exact) mass is 369 g/mol. The third kappa shape index (κ3) is 4.20. The third-order valence-electron chi connectivity index (χ3n) is 4.50. The lowest BCUT2D eigenvalue weighted by molar-refractivity contribution is -0.895. The molecule has 0 spiro atoms. The number of rotatable bonds is 8. The molecule has 0 unspecified atom stereocenters. The highest BCUT2D eigenvalue weighted by molar-refractivity contribution is 7.13. The molecule has 0 saturated carbocycles. The van der Waals surface area contributed by atoms with Crippen LogP contribution in [0.1, 0.15) is 24.2 Å². The molecule has 0 radical (unpaired) electrons. The lowest BCUT2D eigenvalue weighted by atomic mass is 10.2. The number of carbonyl (C=O) groups excluding carboxylic acids is 1. The summed E-state index contributed by atoms with van der Waals surface area (Å²) >= 11 is 1.59. The summed E-state index contributed by atoms with van der Waals surface area (Å²) < 4.78 is 1.78. The number of aromatic nitrogens is 2. The second kappa shape index (κ2) is 8.78. The quantitative estimate of drug-likeness (QED) is 0.640. The molecule has 3 rings (SSSR count). The molecule has 0 aliphatic heterocycles. The molecule has 0 aliphatic carbocycles. The third-order valence-corrected chi connectivity index (χ3v) is 5.37. The molecule has 2 heterocycles. The number of thiophene rings is 1. The largest absolute Gasteiger partial charge is 0.346 e. The predicted octanol–water partition coefficient (Wildman–Crippen LogP) is 2.26. The number of benzene rings is 1.